The number of unbranched alkanes of at least 4 members (excludes halogenated alkanes) is 35. The van der Waals surface area contributed by atoms with Gasteiger partial charge in [-0.05, 0) is 64.2 Å². The van der Waals surface area contributed by atoms with E-state index in [1.165, 1.54) is 218 Å². The molecule has 0 unspecified atom stereocenters. The van der Waals surface area contributed by atoms with E-state index < -0.39 is 0 Å². The van der Waals surface area contributed by atoms with Crippen LogP contribution < -0.4 is 11.5 Å². The van der Waals surface area contributed by atoms with Crippen LogP contribution in [0.15, 0.2) is 24.3 Å². The molecule has 0 atom stereocenters. The molecule has 0 fully saturated rings. The first kappa shape index (κ1) is 48.4. The number of carbonyl (C=O) groups is 2. The van der Waals surface area contributed by atoms with Crippen molar-refractivity contribution in [3.05, 3.63) is 24.3 Å². The Morgan fingerprint density at radius 1 is 0.240 bits per heavy atom. The van der Waals surface area contributed by atoms with E-state index in [2.05, 4.69) is 24.3 Å². The summed E-state index contributed by atoms with van der Waals surface area (Å²) in [6, 6.07) is 0. The molecule has 4 N–H and O–H groups in total. The van der Waals surface area contributed by atoms with Crippen molar-refractivity contribution in [2.45, 2.75) is 257 Å². The minimum atomic E-state index is -0.156. The number of rotatable bonds is 43. The lowest BCUT2D eigenvalue weighted by Crippen LogP contribution is -2.09. The van der Waals surface area contributed by atoms with Crippen LogP contribution in [-0.2, 0) is 9.59 Å². The fraction of sp³-hybridized carbons (Fsp3) is 0.870. The van der Waals surface area contributed by atoms with Crippen molar-refractivity contribution in [2.24, 2.45) is 11.5 Å². The number of primary amides is 2. The molecule has 2 amide bonds. The standard InChI is InChI=1S/C46H88N2O2/c47-45(49)43-41-39-37-35-33-31-29-27-25-23-21-19-17-15-13-11-9-7-5-3-1-2-4-6-8-10-12-14-16-18-20-22-24-26-28-30-32-34-36-38-40-42-44-46(48)50/h19-22H,1-18,23-44H2,(H2,47,49)(H2,48,50)/b21-19-,22-20-. The zero-order valence-corrected chi connectivity index (χ0v) is 33.6. The second kappa shape index (κ2) is 43.6. The number of nitrogens with two attached hydrogens (primary N) is 2. The van der Waals surface area contributed by atoms with Crippen molar-refractivity contribution in [2.75, 3.05) is 0 Å². The van der Waals surface area contributed by atoms with Gasteiger partial charge in [0.25, 0.3) is 0 Å². The second-order valence-corrected chi connectivity index (χ2v) is 15.6. The maximum Gasteiger partial charge on any atom is 0.217 e. The summed E-state index contributed by atoms with van der Waals surface area (Å²) in [5.41, 5.74) is 10.4. The van der Waals surface area contributed by atoms with Crippen molar-refractivity contribution >= 4 is 11.8 Å². The molecule has 0 saturated heterocycles. The zero-order valence-electron chi connectivity index (χ0n) is 33.6. The van der Waals surface area contributed by atoms with Gasteiger partial charge in [-0.15, -0.1) is 0 Å². The van der Waals surface area contributed by atoms with Gasteiger partial charge in [0.1, 0.15) is 0 Å². The Morgan fingerprint density at radius 3 is 0.540 bits per heavy atom. The minimum absolute atomic E-state index is 0.156. The van der Waals surface area contributed by atoms with E-state index in [4.69, 9.17) is 11.5 Å². The van der Waals surface area contributed by atoms with Crippen molar-refractivity contribution in [1.29, 1.82) is 0 Å². The van der Waals surface area contributed by atoms with Gasteiger partial charge in [0, 0.05) is 12.8 Å². The van der Waals surface area contributed by atoms with Crippen LogP contribution in [-0.4, -0.2) is 11.8 Å². The highest BCUT2D eigenvalue weighted by atomic mass is 16.1. The summed E-state index contributed by atoms with van der Waals surface area (Å²) in [7, 11) is 0. The number of carbonyl (C=O) groups excluding carboxylic acids is 2. The highest BCUT2D eigenvalue weighted by molar-refractivity contribution is 5.73. The molecule has 0 aliphatic carbocycles. The van der Waals surface area contributed by atoms with E-state index in [0.29, 0.717) is 12.8 Å². The van der Waals surface area contributed by atoms with Gasteiger partial charge in [-0.3, -0.25) is 9.59 Å². The first-order chi connectivity index (χ1) is 24.6. The Bertz CT molecular complexity index is 684. The average molecular weight is 701 g/mol. The SMILES string of the molecule is NC(=O)CCCCCCCCCCC/C=C\CCCCCCCCCCCCCCCCCC/C=C\CCCCCCCCCCCC(N)=O. The van der Waals surface area contributed by atoms with Crippen LogP contribution in [0.4, 0.5) is 0 Å². The second-order valence-electron chi connectivity index (χ2n) is 15.6. The van der Waals surface area contributed by atoms with Gasteiger partial charge in [0.15, 0.2) is 0 Å². The minimum Gasteiger partial charge on any atom is -0.370 e. The van der Waals surface area contributed by atoms with E-state index in [0.717, 1.165) is 25.7 Å². The van der Waals surface area contributed by atoms with Crippen molar-refractivity contribution in [3.63, 3.8) is 0 Å². The lowest BCUT2D eigenvalue weighted by Gasteiger charge is -2.03. The van der Waals surface area contributed by atoms with Gasteiger partial charge in [-0.25, -0.2) is 0 Å². The number of allylic oxidation sites excluding steroid dienone is 4. The van der Waals surface area contributed by atoms with Crippen LogP contribution in [0.2, 0.25) is 0 Å². The largest absolute Gasteiger partial charge is 0.370 e. The Hall–Kier alpha value is -1.58. The molecule has 0 aliphatic rings. The van der Waals surface area contributed by atoms with E-state index in [-0.39, 0.29) is 11.8 Å². The molecule has 4 nitrogen and oxygen atoms in total. The first-order valence-corrected chi connectivity index (χ1v) is 22.5. The maximum absolute atomic E-state index is 10.7. The van der Waals surface area contributed by atoms with Crippen molar-refractivity contribution < 1.29 is 9.59 Å². The maximum atomic E-state index is 10.7. The third-order valence-corrected chi connectivity index (χ3v) is 10.4. The van der Waals surface area contributed by atoms with Crippen LogP contribution in [0.5, 0.6) is 0 Å². The predicted molar refractivity (Wildman–Crippen MR) is 221 cm³/mol. The normalized spacial score (nSPS) is 11.8. The molecular formula is C46H88N2O2. The first-order valence-electron chi connectivity index (χ1n) is 22.5. The molecule has 4 heteroatoms. The Kier molecular flexibility index (Phi) is 42.2. The summed E-state index contributed by atoms with van der Waals surface area (Å²) in [4.78, 5) is 21.4. The van der Waals surface area contributed by atoms with E-state index in [1.54, 1.807) is 0 Å². The highest BCUT2D eigenvalue weighted by Crippen LogP contribution is 2.16. The van der Waals surface area contributed by atoms with E-state index in [1.807, 2.05) is 0 Å². The molecule has 0 aromatic rings. The van der Waals surface area contributed by atoms with Gasteiger partial charge in [0.05, 0.1) is 0 Å². The average Bonchev–Trinajstić information content (AvgIpc) is 3.10. The van der Waals surface area contributed by atoms with E-state index >= 15 is 0 Å². The number of amides is 2. The van der Waals surface area contributed by atoms with Gasteiger partial charge in [0.2, 0.25) is 11.8 Å². The number of hydrogen-bond donors (Lipinski definition) is 2. The van der Waals surface area contributed by atoms with Crippen molar-refractivity contribution in [3.8, 4) is 0 Å². The van der Waals surface area contributed by atoms with E-state index in [9.17, 15) is 9.59 Å². The van der Waals surface area contributed by atoms with Gasteiger partial charge in [-0.2, -0.15) is 0 Å². The third-order valence-electron chi connectivity index (χ3n) is 10.4. The molecule has 294 valence electrons. The number of hydrogen-bond acceptors (Lipinski definition) is 2. The summed E-state index contributed by atoms with van der Waals surface area (Å²) < 4.78 is 0. The molecule has 0 radical (unpaired) electrons. The molecular weight excluding hydrogens is 613 g/mol. The summed E-state index contributed by atoms with van der Waals surface area (Å²) in [5, 5.41) is 0. The quantitative estimate of drug-likeness (QED) is 0.0490. The topological polar surface area (TPSA) is 86.2 Å². The van der Waals surface area contributed by atoms with Crippen LogP contribution in [0.1, 0.15) is 257 Å². The van der Waals surface area contributed by atoms with Crippen LogP contribution in [0.3, 0.4) is 0 Å². The Morgan fingerprint density at radius 2 is 0.380 bits per heavy atom. The smallest absolute Gasteiger partial charge is 0.217 e. The summed E-state index contributed by atoms with van der Waals surface area (Å²) in [6.07, 6.45) is 61.9. The van der Waals surface area contributed by atoms with Gasteiger partial charge >= 0.3 is 0 Å². The molecule has 50 heavy (non-hydrogen) atoms. The summed E-state index contributed by atoms with van der Waals surface area (Å²) in [6.45, 7) is 0. The molecule has 0 heterocycles. The van der Waals surface area contributed by atoms with Crippen LogP contribution >= 0.6 is 0 Å². The molecule has 0 aromatic heterocycles. The Balaban J connectivity index is 3.14. The fourth-order valence-corrected chi connectivity index (χ4v) is 7.07. The summed E-state index contributed by atoms with van der Waals surface area (Å²) >= 11 is 0. The lowest BCUT2D eigenvalue weighted by atomic mass is 10.0. The molecule has 0 rings (SSSR count). The molecule has 0 aromatic carbocycles. The molecule has 0 spiro atoms. The molecule has 0 bridgehead atoms. The lowest BCUT2D eigenvalue weighted by molar-refractivity contribution is -0.119. The zero-order chi connectivity index (χ0) is 36.3. The molecule has 0 aliphatic heterocycles. The monoisotopic (exact) mass is 701 g/mol. The highest BCUT2D eigenvalue weighted by Gasteiger charge is 1.98. The predicted octanol–water partition coefficient (Wildman–Crippen LogP) is 14.7. The van der Waals surface area contributed by atoms with Crippen molar-refractivity contribution in [1.82, 2.24) is 0 Å². The van der Waals surface area contributed by atoms with Crippen LogP contribution in [0, 0.1) is 0 Å². The molecule has 0 saturated carbocycles. The van der Waals surface area contributed by atoms with Gasteiger partial charge < -0.3 is 11.5 Å². The van der Waals surface area contributed by atoms with Gasteiger partial charge in [-0.1, -0.05) is 204 Å². The summed E-state index contributed by atoms with van der Waals surface area (Å²) in [5.74, 6) is -0.312. The van der Waals surface area contributed by atoms with Crippen LogP contribution in [0.25, 0.3) is 0 Å². The Labute approximate surface area is 313 Å². The fourth-order valence-electron chi connectivity index (χ4n) is 7.07. The third kappa shape index (κ3) is 46.4.